The van der Waals surface area contributed by atoms with E-state index in [1.165, 1.54) is 69.8 Å². The summed E-state index contributed by atoms with van der Waals surface area (Å²) in [6.07, 6.45) is 18.9. The molecule has 4 rings (SSSR count). The first-order valence-corrected chi connectivity index (χ1v) is 12.7. The number of fused-ring (bicyclic) bond motifs is 4. The summed E-state index contributed by atoms with van der Waals surface area (Å²) < 4.78 is 0. The maximum absolute atomic E-state index is 2.70. The molecule has 0 nitrogen and oxygen atoms in total. The van der Waals surface area contributed by atoms with E-state index in [-0.39, 0.29) is 0 Å². The largest absolute Gasteiger partial charge is 0.0859 e. The smallest absolute Gasteiger partial charge is 0.00389 e. The minimum absolute atomic E-state index is 0.441. The van der Waals surface area contributed by atoms with Crippen LogP contribution in [0.5, 0.6) is 0 Å². The van der Waals surface area contributed by atoms with Gasteiger partial charge in [-0.05, 0) is 117 Å². The lowest BCUT2D eigenvalue weighted by Crippen LogP contribution is -2.47. The molecule has 0 bridgehead atoms. The molecule has 162 valence electrons. The average Bonchev–Trinajstić information content (AvgIpc) is 2.98. The summed E-state index contributed by atoms with van der Waals surface area (Å²) in [6.45, 7) is 17.4. The van der Waals surface area contributed by atoms with Gasteiger partial charge in [0, 0.05) is 0 Å². The number of allylic oxidation sites excluding steroid dienone is 6. The van der Waals surface area contributed by atoms with E-state index in [9.17, 15) is 0 Å². The van der Waals surface area contributed by atoms with Crippen molar-refractivity contribution in [2.75, 3.05) is 0 Å². The quantitative estimate of drug-likeness (QED) is 0.417. The van der Waals surface area contributed by atoms with Gasteiger partial charge in [0.25, 0.3) is 0 Å². The molecule has 0 amide bonds. The van der Waals surface area contributed by atoms with Gasteiger partial charge in [-0.1, -0.05) is 64.3 Å². The lowest BCUT2D eigenvalue weighted by molar-refractivity contribution is 0.00595. The first-order chi connectivity index (χ1) is 13.6. The Labute approximate surface area is 181 Å². The van der Waals surface area contributed by atoms with E-state index in [2.05, 4.69) is 60.6 Å². The van der Waals surface area contributed by atoms with Gasteiger partial charge in [-0.3, -0.25) is 0 Å². The normalized spacial score (nSPS) is 39.2. The first-order valence-electron chi connectivity index (χ1n) is 12.7. The predicted molar refractivity (Wildman–Crippen MR) is 127 cm³/mol. The van der Waals surface area contributed by atoms with Crippen molar-refractivity contribution in [3.8, 4) is 0 Å². The Morgan fingerprint density at radius 3 is 2.55 bits per heavy atom. The average molecular weight is 395 g/mol. The van der Waals surface area contributed by atoms with Crippen LogP contribution >= 0.6 is 0 Å². The van der Waals surface area contributed by atoms with Crippen LogP contribution in [0.1, 0.15) is 113 Å². The van der Waals surface area contributed by atoms with Gasteiger partial charge < -0.3 is 0 Å². The molecular weight excluding hydrogens is 348 g/mol. The minimum atomic E-state index is 0.441. The van der Waals surface area contributed by atoms with Gasteiger partial charge in [-0.25, -0.2) is 0 Å². The van der Waals surface area contributed by atoms with Crippen molar-refractivity contribution in [3.63, 3.8) is 0 Å². The fourth-order valence-corrected chi connectivity index (χ4v) is 8.52. The van der Waals surface area contributed by atoms with Crippen LogP contribution in [0.4, 0.5) is 0 Å². The molecule has 1 fully saturated rings. The van der Waals surface area contributed by atoms with Crippen LogP contribution in [0.3, 0.4) is 0 Å². The SMILES string of the molecule is CC(C)=CCC[C@@H](C)[C@H]1CC=C2C3=C(CC[C@@]21C)[C@@]1(C)CCCC(C)(C)C1CC3. The third-order valence-electron chi connectivity index (χ3n) is 10.1. The molecule has 4 aliphatic rings. The minimum Gasteiger partial charge on any atom is -0.0859 e. The third kappa shape index (κ3) is 3.41. The Bertz CT molecular complexity index is 740. The maximum Gasteiger partial charge on any atom is -0.00389 e. The van der Waals surface area contributed by atoms with Crippen LogP contribution in [0, 0.1) is 34.0 Å². The second-order valence-electron chi connectivity index (χ2n) is 12.5. The zero-order valence-corrected chi connectivity index (χ0v) is 20.5. The van der Waals surface area contributed by atoms with Crippen molar-refractivity contribution in [2.24, 2.45) is 34.0 Å². The highest BCUT2D eigenvalue weighted by atomic mass is 14.6. The molecule has 29 heavy (non-hydrogen) atoms. The van der Waals surface area contributed by atoms with Gasteiger partial charge in [-0.15, -0.1) is 0 Å². The van der Waals surface area contributed by atoms with Crippen molar-refractivity contribution in [1.29, 1.82) is 0 Å². The van der Waals surface area contributed by atoms with E-state index >= 15 is 0 Å². The molecule has 4 aliphatic carbocycles. The molecule has 0 spiro atoms. The van der Waals surface area contributed by atoms with E-state index in [0.29, 0.717) is 16.2 Å². The van der Waals surface area contributed by atoms with Crippen molar-refractivity contribution < 1.29 is 0 Å². The lowest BCUT2D eigenvalue weighted by atomic mass is 9.47. The van der Waals surface area contributed by atoms with Crippen molar-refractivity contribution >= 4 is 0 Å². The zero-order valence-electron chi connectivity index (χ0n) is 20.5. The van der Waals surface area contributed by atoms with E-state index in [0.717, 1.165) is 17.8 Å². The van der Waals surface area contributed by atoms with Crippen LogP contribution < -0.4 is 0 Å². The summed E-state index contributed by atoms with van der Waals surface area (Å²) in [7, 11) is 0. The Morgan fingerprint density at radius 2 is 1.83 bits per heavy atom. The van der Waals surface area contributed by atoms with Crippen molar-refractivity contribution in [2.45, 2.75) is 113 Å². The molecule has 0 aromatic rings. The number of hydrogen-bond donors (Lipinski definition) is 0. The molecule has 0 heteroatoms. The van der Waals surface area contributed by atoms with Gasteiger partial charge in [0.05, 0.1) is 0 Å². The van der Waals surface area contributed by atoms with Gasteiger partial charge in [0.15, 0.2) is 0 Å². The molecule has 1 saturated carbocycles. The predicted octanol–water partition coefficient (Wildman–Crippen LogP) is 9.04. The first kappa shape index (κ1) is 21.5. The summed E-state index contributed by atoms with van der Waals surface area (Å²) >= 11 is 0. The van der Waals surface area contributed by atoms with Crippen LogP contribution in [0.2, 0.25) is 0 Å². The molecule has 0 heterocycles. The molecule has 5 atom stereocenters. The highest BCUT2D eigenvalue weighted by Crippen LogP contribution is 2.66. The summed E-state index contributed by atoms with van der Waals surface area (Å²) in [5.41, 5.74) is 8.47. The van der Waals surface area contributed by atoms with Gasteiger partial charge in [0.1, 0.15) is 0 Å². The molecule has 0 aliphatic heterocycles. The fourth-order valence-electron chi connectivity index (χ4n) is 8.52. The lowest BCUT2D eigenvalue weighted by Gasteiger charge is -2.58. The van der Waals surface area contributed by atoms with Crippen LogP contribution in [0.15, 0.2) is 34.4 Å². The highest BCUT2D eigenvalue weighted by molar-refractivity contribution is 5.49. The van der Waals surface area contributed by atoms with Gasteiger partial charge >= 0.3 is 0 Å². The Morgan fingerprint density at radius 1 is 1.07 bits per heavy atom. The molecule has 0 aromatic heterocycles. The Balaban J connectivity index is 1.60. The standard InChI is InChI=1S/C29H46/c1-20(2)10-8-11-21(3)23-13-14-24-22-12-15-26-27(4,5)17-9-18-29(26,7)25(22)16-19-28(23,24)6/h10,14,21,23,26H,8-9,11-13,15-19H2,1-7H3/t21-,23-,26?,28-,29-/m1/s1. The van der Waals surface area contributed by atoms with E-state index in [4.69, 9.17) is 0 Å². The third-order valence-corrected chi connectivity index (χ3v) is 10.1. The van der Waals surface area contributed by atoms with Crippen LogP contribution in [0.25, 0.3) is 0 Å². The molecule has 0 N–H and O–H groups in total. The molecule has 1 unspecified atom stereocenters. The molecule has 0 radical (unpaired) electrons. The summed E-state index contributed by atoms with van der Waals surface area (Å²) in [6, 6.07) is 0. The zero-order chi connectivity index (χ0) is 21.0. The summed E-state index contributed by atoms with van der Waals surface area (Å²) in [4.78, 5) is 0. The van der Waals surface area contributed by atoms with E-state index in [1.807, 2.05) is 11.1 Å². The topological polar surface area (TPSA) is 0 Å². The Kier molecular flexibility index (Phi) is 5.49. The molecule has 0 aromatic carbocycles. The monoisotopic (exact) mass is 394 g/mol. The second kappa shape index (κ2) is 7.42. The summed E-state index contributed by atoms with van der Waals surface area (Å²) in [5, 5.41) is 0. The Hall–Kier alpha value is -0.780. The van der Waals surface area contributed by atoms with Gasteiger partial charge in [-0.2, -0.15) is 0 Å². The second-order valence-corrected chi connectivity index (χ2v) is 12.5. The number of hydrogen-bond acceptors (Lipinski definition) is 0. The number of rotatable bonds is 4. The van der Waals surface area contributed by atoms with Crippen molar-refractivity contribution in [3.05, 3.63) is 34.4 Å². The van der Waals surface area contributed by atoms with E-state index in [1.54, 1.807) is 5.57 Å². The molecular formula is C29H46. The molecule has 0 saturated heterocycles. The van der Waals surface area contributed by atoms with Crippen LogP contribution in [-0.4, -0.2) is 0 Å². The summed E-state index contributed by atoms with van der Waals surface area (Å²) in [5.74, 6) is 2.57. The fraction of sp³-hybridized carbons (Fsp3) is 0.793. The van der Waals surface area contributed by atoms with E-state index < -0.39 is 0 Å². The maximum atomic E-state index is 2.70. The highest BCUT2D eigenvalue weighted by Gasteiger charge is 2.55. The van der Waals surface area contributed by atoms with Gasteiger partial charge in [0.2, 0.25) is 0 Å². The van der Waals surface area contributed by atoms with Crippen LogP contribution in [-0.2, 0) is 0 Å². The van der Waals surface area contributed by atoms with Crippen molar-refractivity contribution in [1.82, 2.24) is 0 Å².